The van der Waals surface area contributed by atoms with Crippen LogP contribution in [0.3, 0.4) is 0 Å². The van der Waals surface area contributed by atoms with Crippen LogP contribution in [0, 0.1) is 26.6 Å². The van der Waals surface area contributed by atoms with Crippen molar-refractivity contribution < 1.29 is 18.8 Å². The van der Waals surface area contributed by atoms with Crippen molar-refractivity contribution in [2.24, 2.45) is 4.99 Å². The van der Waals surface area contributed by atoms with Gasteiger partial charge in [-0.3, -0.25) is 9.59 Å². The third-order valence-electron chi connectivity index (χ3n) is 6.94. The first-order valence-electron chi connectivity index (χ1n) is 13.2. The summed E-state index contributed by atoms with van der Waals surface area (Å²) >= 11 is 0. The molecule has 0 spiro atoms. The van der Waals surface area contributed by atoms with Crippen molar-refractivity contribution >= 4 is 34.8 Å². The smallest absolute Gasteiger partial charge is 0.308 e. The van der Waals surface area contributed by atoms with Crippen molar-refractivity contribution in [3.63, 3.8) is 0 Å². The van der Waals surface area contributed by atoms with Gasteiger partial charge in [-0.15, -0.1) is 0 Å². The summed E-state index contributed by atoms with van der Waals surface area (Å²) in [6.07, 6.45) is -1.44. The molecule has 0 radical (unpaired) electrons. The first-order valence-corrected chi connectivity index (χ1v) is 13.2. The maximum Gasteiger partial charge on any atom is 0.321 e. The van der Waals surface area contributed by atoms with E-state index in [0.29, 0.717) is 28.1 Å². The Bertz CT molecular complexity index is 1700. The standard InChI is InChI=1S/C33H29FN4O3/c1-20-10-8-13-23(18-20)35-33(41)37-31-32(40)38(19-28(39)24-14-5-4-11-21(24)2)30-22(3)12-9-16-26(30)29(36-31)25-15-6-7-17-27(25)34/h4-18,31H,19H2,1-3H3,(H2,35,37,41). The number of rotatable bonds is 6. The number of fused-ring (bicyclic) bond motifs is 1. The second-order valence-electron chi connectivity index (χ2n) is 9.96. The molecule has 0 saturated heterocycles. The summed E-state index contributed by atoms with van der Waals surface area (Å²) in [5, 5.41) is 5.37. The van der Waals surface area contributed by atoms with Gasteiger partial charge in [-0.1, -0.05) is 66.7 Å². The van der Waals surface area contributed by atoms with E-state index in [1.807, 2.05) is 45.0 Å². The van der Waals surface area contributed by atoms with E-state index in [9.17, 15) is 14.4 Å². The summed E-state index contributed by atoms with van der Waals surface area (Å²) in [4.78, 5) is 46.7. The molecule has 41 heavy (non-hydrogen) atoms. The molecule has 1 aliphatic heterocycles. The lowest BCUT2D eigenvalue weighted by atomic mass is 9.97. The fourth-order valence-corrected chi connectivity index (χ4v) is 4.97. The number of Topliss-reactive ketones (excluding diaryl/α,β-unsaturated/α-hetero) is 1. The van der Waals surface area contributed by atoms with Crippen LogP contribution in [0.2, 0.25) is 0 Å². The Labute approximate surface area is 237 Å². The van der Waals surface area contributed by atoms with Crippen LogP contribution >= 0.6 is 0 Å². The van der Waals surface area contributed by atoms with E-state index in [-0.39, 0.29) is 23.6 Å². The topological polar surface area (TPSA) is 90.9 Å². The monoisotopic (exact) mass is 548 g/mol. The summed E-state index contributed by atoms with van der Waals surface area (Å²) in [5.41, 5.74) is 4.72. The van der Waals surface area contributed by atoms with Crippen LogP contribution in [0.15, 0.2) is 96.0 Å². The number of halogens is 1. The number of aliphatic imine (C=N–C) groups is 1. The van der Waals surface area contributed by atoms with Crippen LogP contribution in [-0.2, 0) is 4.79 Å². The number of para-hydroxylation sites is 1. The van der Waals surface area contributed by atoms with E-state index < -0.39 is 23.9 Å². The van der Waals surface area contributed by atoms with E-state index in [0.717, 1.165) is 11.1 Å². The van der Waals surface area contributed by atoms with Gasteiger partial charge in [0, 0.05) is 22.4 Å². The van der Waals surface area contributed by atoms with Gasteiger partial charge in [-0.25, -0.2) is 14.2 Å². The van der Waals surface area contributed by atoms with Crippen LogP contribution < -0.4 is 15.5 Å². The number of benzodiazepines with no additional fused rings is 1. The summed E-state index contributed by atoms with van der Waals surface area (Å²) in [7, 11) is 0. The third kappa shape index (κ3) is 5.77. The first kappa shape index (κ1) is 27.5. The fraction of sp³-hybridized carbons (Fsp3) is 0.152. The number of urea groups is 1. The zero-order valence-electron chi connectivity index (χ0n) is 22.9. The number of ketones is 1. The van der Waals surface area contributed by atoms with Crippen LogP contribution in [-0.4, -0.2) is 36.1 Å². The summed E-state index contributed by atoms with van der Waals surface area (Å²) < 4.78 is 15.2. The van der Waals surface area contributed by atoms with Gasteiger partial charge in [0.05, 0.1) is 17.9 Å². The second-order valence-corrected chi connectivity index (χ2v) is 9.96. The Morgan fingerprint density at radius 2 is 1.54 bits per heavy atom. The largest absolute Gasteiger partial charge is 0.321 e. The van der Waals surface area contributed by atoms with E-state index >= 15 is 4.39 Å². The Kier molecular flexibility index (Phi) is 7.74. The quantitative estimate of drug-likeness (QED) is 0.291. The van der Waals surface area contributed by atoms with Gasteiger partial charge in [-0.2, -0.15) is 0 Å². The average molecular weight is 549 g/mol. The third-order valence-corrected chi connectivity index (χ3v) is 6.94. The minimum absolute atomic E-state index is 0.171. The Morgan fingerprint density at radius 3 is 2.29 bits per heavy atom. The SMILES string of the molecule is Cc1cccc(NC(=O)NC2N=C(c3ccccc3F)c3cccc(C)c3N(CC(=O)c3ccccc3C)C2=O)c1. The van der Waals surface area contributed by atoms with Gasteiger partial charge in [0.15, 0.2) is 5.78 Å². The molecule has 4 aromatic carbocycles. The average Bonchev–Trinajstić information content (AvgIpc) is 3.05. The van der Waals surface area contributed by atoms with E-state index in [1.165, 1.54) is 11.0 Å². The van der Waals surface area contributed by atoms with Crippen molar-refractivity contribution in [3.8, 4) is 0 Å². The van der Waals surface area contributed by atoms with Crippen LogP contribution in [0.4, 0.5) is 20.6 Å². The molecular weight excluding hydrogens is 519 g/mol. The number of nitrogens with zero attached hydrogens (tertiary/aromatic N) is 2. The molecule has 5 rings (SSSR count). The number of hydrogen-bond donors (Lipinski definition) is 2. The number of hydrogen-bond acceptors (Lipinski definition) is 4. The van der Waals surface area contributed by atoms with Crippen molar-refractivity contribution in [3.05, 3.63) is 130 Å². The molecule has 0 bridgehead atoms. The highest BCUT2D eigenvalue weighted by Crippen LogP contribution is 2.32. The second kappa shape index (κ2) is 11.6. The predicted molar refractivity (Wildman–Crippen MR) is 158 cm³/mol. The van der Waals surface area contributed by atoms with Gasteiger partial charge < -0.3 is 15.5 Å². The fourth-order valence-electron chi connectivity index (χ4n) is 4.97. The molecule has 1 heterocycles. The lowest BCUT2D eigenvalue weighted by Gasteiger charge is -2.26. The van der Waals surface area contributed by atoms with Crippen molar-refractivity contribution in [1.29, 1.82) is 0 Å². The zero-order valence-corrected chi connectivity index (χ0v) is 22.9. The van der Waals surface area contributed by atoms with Gasteiger partial charge in [0.2, 0.25) is 6.17 Å². The molecular formula is C33H29FN4O3. The normalized spacial score (nSPS) is 14.5. The Hall–Kier alpha value is -5.11. The summed E-state index contributed by atoms with van der Waals surface area (Å²) in [5.74, 6) is -1.42. The molecule has 0 aromatic heterocycles. The molecule has 0 fully saturated rings. The molecule has 1 atom stereocenters. The van der Waals surface area contributed by atoms with E-state index in [1.54, 1.807) is 60.7 Å². The molecule has 3 amide bonds. The maximum atomic E-state index is 15.2. The minimum Gasteiger partial charge on any atom is -0.308 e. The van der Waals surface area contributed by atoms with E-state index in [4.69, 9.17) is 0 Å². The minimum atomic E-state index is -1.44. The molecule has 0 aliphatic carbocycles. The summed E-state index contributed by atoms with van der Waals surface area (Å²) in [6.45, 7) is 5.25. The Morgan fingerprint density at radius 1 is 0.854 bits per heavy atom. The van der Waals surface area contributed by atoms with Gasteiger partial charge >= 0.3 is 6.03 Å². The zero-order chi connectivity index (χ0) is 29.1. The molecule has 8 heteroatoms. The van der Waals surface area contributed by atoms with Crippen molar-refractivity contribution in [1.82, 2.24) is 5.32 Å². The van der Waals surface area contributed by atoms with Crippen LogP contribution in [0.25, 0.3) is 0 Å². The maximum absolute atomic E-state index is 15.2. The number of carbonyl (C=O) groups excluding carboxylic acids is 3. The number of amides is 3. The lowest BCUT2D eigenvalue weighted by Crippen LogP contribution is -2.50. The van der Waals surface area contributed by atoms with Gasteiger partial charge in [0.1, 0.15) is 5.82 Å². The number of carbonyl (C=O) groups is 3. The molecule has 206 valence electrons. The highest BCUT2D eigenvalue weighted by molar-refractivity contribution is 6.22. The Balaban J connectivity index is 1.60. The lowest BCUT2D eigenvalue weighted by molar-refractivity contribution is -0.120. The number of anilines is 2. The number of aryl methyl sites for hydroxylation is 3. The van der Waals surface area contributed by atoms with Crippen LogP contribution in [0.1, 0.15) is 38.2 Å². The highest BCUT2D eigenvalue weighted by atomic mass is 19.1. The number of nitrogens with one attached hydrogen (secondary N) is 2. The molecule has 2 N–H and O–H groups in total. The molecule has 4 aromatic rings. The molecule has 0 saturated carbocycles. The highest BCUT2D eigenvalue weighted by Gasteiger charge is 2.36. The first-order chi connectivity index (χ1) is 19.7. The van der Waals surface area contributed by atoms with Gasteiger partial charge in [-0.05, 0) is 61.7 Å². The van der Waals surface area contributed by atoms with Gasteiger partial charge in [0.25, 0.3) is 5.91 Å². The molecule has 7 nitrogen and oxygen atoms in total. The van der Waals surface area contributed by atoms with Crippen molar-refractivity contribution in [2.45, 2.75) is 26.9 Å². The predicted octanol–water partition coefficient (Wildman–Crippen LogP) is 5.97. The molecule has 1 aliphatic rings. The van der Waals surface area contributed by atoms with Crippen molar-refractivity contribution in [2.75, 3.05) is 16.8 Å². The molecule has 1 unspecified atom stereocenters. The van der Waals surface area contributed by atoms with Crippen LogP contribution in [0.5, 0.6) is 0 Å². The summed E-state index contributed by atoms with van der Waals surface area (Å²) in [6, 6.07) is 25.1. The number of benzene rings is 4. The van der Waals surface area contributed by atoms with E-state index in [2.05, 4.69) is 15.6 Å².